The Kier molecular flexibility index (Phi) is 6.31. The topological polar surface area (TPSA) is 127 Å². The predicted molar refractivity (Wildman–Crippen MR) is 72.6 cm³/mol. The molecule has 0 spiro atoms. The molecule has 0 radical (unpaired) electrons. The number of aliphatic carboxylic acids is 1. The van der Waals surface area contributed by atoms with Crippen molar-refractivity contribution in [1.29, 1.82) is 0 Å². The number of carbonyl (C=O) groups excluding carboxylic acids is 1. The fourth-order valence-electron chi connectivity index (χ4n) is 1.72. The number of carbonyl (C=O) groups is 2. The summed E-state index contributed by atoms with van der Waals surface area (Å²) in [5, 5.41) is 25.7. The van der Waals surface area contributed by atoms with Crippen LogP contribution in [0.5, 0.6) is 0 Å². The van der Waals surface area contributed by atoms with Crippen LogP contribution in [0.15, 0.2) is 12.4 Å². The van der Waals surface area contributed by atoms with Gasteiger partial charge in [0.1, 0.15) is 18.4 Å². The maximum atomic E-state index is 11.7. The van der Waals surface area contributed by atoms with E-state index in [2.05, 4.69) is 10.4 Å². The summed E-state index contributed by atoms with van der Waals surface area (Å²) < 4.78 is 1.28. The molecule has 1 amide bonds. The number of carboxylic acid groups (broad SMARTS) is 1. The van der Waals surface area contributed by atoms with Gasteiger partial charge in [0.2, 0.25) is 5.91 Å². The van der Waals surface area contributed by atoms with Crippen LogP contribution in [-0.4, -0.2) is 37.7 Å². The van der Waals surface area contributed by atoms with Gasteiger partial charge in [-0.2, -0.15) is 5.10 Å². The minimum atomic E-state index is -1.06. The van der Waals surface area contributed by atoms with Crippen molar-refractivity contribution in [3.8, 4) is 0 Å². The van der Waals surface area contributed by atoms with Crippen LogP contribution in [0, 0.1) is 10.1 Å². The number of hydrogen-bond donors (Lipinski definition) is 2. The summed E-state index contributed by atoms with van der Waals surface area (Å²) in [5.74, 6) is -1.48. The van der Waals surface area contributed by atoms with Crippen LogP contribution in [0.2, 0.25) is 0 Å². The van der Waals surface area contributed by atoms with Gasteiger partial charge in [-0.05, 0) is 6.42 Å². The van der Waals surface area contributed by atoms with Crippen molar-refractivity contribution in [2.75, 3.05) is 0 Å². The van der Waals surface area contributed by atoms with Crippen molar-refractivity contribution in [1.82, 2.24) is 15.1 Å². The minimum Gasteiger partial charge on any atom is -0.480 e. The number of unbranched alkanes of at least 4 members (excludes halogenated alkanes) is 1. The van der Waals surface area contributed by atoms with Gasteiger partial charge in [0, 0.05) is 13.0 Å². The predicted octanol–water partition coefficient (Wildman–Crippen LogP) is 0.941. The number of nitrogens with one attached hydrogen (secondary N) is 1. The lowest BCUT2D eigenvalue weighted by atomic mass is 10.1. The molecule has 116 valence electrons. The fourth-order valence-corrected chi connectivity index (χ4v) is 1.72. The lowest BCUT2D eigenvalue weighted by molar-refractivity contribution is -0.385. The summed E-state index contributed by atoms with van der Waals surface area (Å²) in [6.45, 7) is 2.09. The number of amides is 1. The van der Waals surface area contributed by atoms with Crippen LogP contribution in [0.25, 0.3) is 0 Å². The SMILES string of the molecule is CCCC[C@H](NC(=O)CCn1cc([N+](=O)[O-])cn1)C(=O)O. The molecule has 0 aromatic carbocycles. The first-order valence-corrected chi connectivity index (χ1v) is 6.63. The standard InChI is InChI=1S/C12H18N4O5/c1-2-3-4-10(12(18)19)14-11(17)5-6-15-8-9(7-13-15)16(20)21/h7-8,10H,2-6H2,1H3,(H,14,17)(H,18,19)/t10-/m0/s1. The number of rotatable bonds is 9. The molecule has 1 rings (SSSR count). The zero-order chi connectivity index (χ0) is 15.8. The Morgan fingerprint density at radius 3 is 2.81 bits per heavy atom. The van der Waals surface area contributed by atoms with Crippen LogP contribution < -0.4 is 5.32 Å². The molecule has 1 aromatic heterocycles. The average Bonchev–Trinajstić information content (AvgIpc) is 2.90. The molecule has 21 heavy (non-hydrogen) atoms. The molecule has 0 fully saturated rings. The smallest absolute Gasteiger partial charge is 0.326 e. The highest BCUT2D eigenvalue weighted by atomic mass is 16.6. The molecule has 9 heteroatoms. The lowest BCUT2D eigenvalue weighted by Crippen LogP contribution is -2.41. The largest absolute Gasteiger partial charge is 0.480 e. The molecule has 0 aliphatic heterocycles. The number of hydrogen-bond acceptors (Lipinski definition) is 5. The Morgan fingerprint density at radius 2 is 2.29 bits per heavy atom. The summed E-state index contributed by atoms with van der Waals surface area (Å²) in [7, 11) is 0. The van der Waals surface area contributed by atoms with Crippen molar-refractivity contribution < 1.29 is 19.6 Å². The molecule has 2 N–H and O–H groups in total. The second kappa shape index (κ2) is 7.98. The van der Waals surface area contributed by atoms with Gasteiger partial charge >= 0.3 is 11.7 Å². The highest BCUT2D eigenvalue weighted by Crippen LogP contribution is 2.08. The monoisotopic (exact) mass is 298 g/mol. The third-order valence-corrected chi connectivity index (χ3v) is 2.88. The first-order valence-electron chi connectivity index (χ1n) is 6.63. The van der Waals surface area contributed by atoms with Gasteiger partial charge in [-0.25, -0.2) is 4.79 Å². The van der Waals surface area contributed by atoms with Crippen molar-refractivity contribution in [2.24, 2.45) is 0 Å². The van der Waals surface area contributed by atoms with Gasteiger partial charge in [-0.15, -0.1) is 0 Å². The lowest BCUT2D eigenvalue weighted by Gasteiger charge is -2.13. The number of nitro groups is 1. The van der Waals surface area contributed by atoms with E-state index in [1.54, 1.807) is 0 Å². The van der Waals surface area contributed by atoms with Gasteiger partial charge < -0.3 is 10.4 Å². The van der Waals surface area contributed by atoms with Crippen molar-refractivity contribution >= 4 is 17.6 Å². The van der Waals surface area contributed by atoms with Gasteiger partial charge in [-0.3, -0.25) is 19.6 Å². The van der Waals surface area contributed by atoms with Crippen LogP contribution >= 0.6 is 0 Å². The Bertz CT molecular complexity index is 514. The van der Waals surface area contributed by atoms with E-state index in [9.17, 15) is 19.7 Å². The van der Waals surface area contributed by atoms with Crippen molar-refractivity contribution in [3.63, 3.8) is 0 Å². The first kappa shape index (κ1) is 16.6. The van der Waals surface area contributed by atoms with Crippen LogP contribution in [-0.2, 0) is 16.1 Å². The number of nitrogens with zero attached hydrogens (tertiary/aromatic N) is 3. The second-order valence-electron chi connectivity index (χ2n) is 4.57. The highest BCUT2D eigenvalue weighted by Gasteiger charge is 2.19. The summed E-state index contributed by atoms with van der Waals surface area (Å²) in [5.41, 5.74) is -0.151. The Labute approximate surface area is 121 Å². The van der Waals surface area contributed by atoms with Crippen LogP contribution in [0.4, 0.5) is 5.69 Å². The second-order valence-corrected chi connectivity index (χ2v) is 4.57. The third-order valence-electron chi connectivity index (χ3n) is 2.88. The third kappa shape index (κ3) is 5.59. The van der Waals surface area contributed by atoms with E-state index >= 15 is 0 Å². The first-order chi connectivity index (χ1) is 9.93. The maximum absolute atomic E-state index is 11.7. The van der Waals surface area contributed by atoms with E-state index in [4.69, 9.17) is 5.11 Å². The molecular formula is C12H18N4O5. The quantitative estimate of drug-likeness (QED) is 0.516. The summed E-state index contributed by atoms with van der Waals surface area (Å²) in [6, 6.07) is -0.899. The molecule has 0 aliphatic rings. The van der Waals surface area contributed by atoms with Gasteiger partial charge in [-0.1, -0.05) is 19.8 Å². The molecule has 0 bridgehead atoms. The molecule has 1 aromatic rings. The van der Waals surface area contributed by atoms with Crippen LogP contribution in [0.1, 0.15) is 32.6 Å². The average molecular weight is 298 g/mol. The number of aromatic nitrogens is 2. The molecular weight excluding hydrogens is 280 g/mol. The zero-order valence-corrected chi connectivity index (χ0v) is 11.7. The van der Waals surface area contributed by atoms with Gasteiger partial charge in [0.15, 0.2) is 0 Å². The van der Waals surface area contributed by atoms with Crippen LogP contribution in [0.3, 0.4) is 0 Å². The van der Waals surface area contributed by atoms with Crippen molar-refractivity contribution in [2.45, 2.75) is 45.2 Å². The summed E-state index contributed by atoms with van der Waals surface area (Å²) in [6.07, 6.45) is 4.26. The van der Waals surface area contributed by atoms with Gasteiger partial charge in [0.05, 0.1) is 4.92 Å². The number of carboxylic acids is 1. The van der Waals surface area contributed by atoms with E-state index in [1.807, 2.05) is 6.92 Å². The van der Waals surface area contributed by atoms with Gasteiger partial charge in [0.25, 0.3) is 0 Å². The Morgan fingerprint density at radius 1 is 1.57 bits per heavy atom. The van der Waals surface area contributed by atoms with Crippen molar-refractivity contribution in [3.05, 3.63) is 22.5 Å². The van der Waals surface area contributed by atoms with E-state index in [1.165, 1.54) is 10.9 Å². The van der Waals surface area contributed by atoms with E-state index in [0.717, 1.165) is 12.6 Å². The fraction of sp³-hybridized carbons (Fsp3) is 0.583. The molecule has 9 nitrogen and oxygen atoms in total. The zero-order valence-electron chi connectivity index (χ0n) is 11.7. The molecule has 1 atom stereocenters. The molecule has 0 saturated heterocycles. The molecule has 1 heterocycles. The number of aryl methyl sites for hydroxylation is 1. The van der Waals surface area contributed by atoms with E-state index in [0.29, 0.717) is 12.8 Å². The Balaban J connectivity index is 2.44. The molecule has 0 unspecified atom stereocenters. The normalized spacial score (nSPS) is 11.9. The Hall–Kier alpha value is -2.45. The summed E-state index contributed by atoms with van der Waals surface area (Å²) in [4.78, 5) is 32.6. The highest BCUT2D eigenvalue weighted by molar-refractivity contribution is 5.83. The van der Waals surface area contributed by atoms with E-state index < -0.39 is 22.8 Å². The maximum Gasteiger partial charge on any atom is 0.326 e. The molecule has 0 saturated carbocycles. The minimum absolute atomic E-state index is 0.00867. The summed E-state index contributed by atoms with van der Waals surface area (Å²) >= 11 is 0. The van der Waals surface area contributed by atoms with E-state index in [-0.39, 0.29) is 18.7 Å². The molecule has 0 aliphatic carbocycles.